The van der Waals surface area contributed by atoms with Crippen molar-refractivity contribution in [1.82, 2.24) is 10.2 Å². The molecule has 0 spiro atoms. The summed E-state index contributed by atoms with van der Waals surface area (Å²) < 4.78 is 5.81. The second-order valence-corrected chi connectivity index (χ2v) is 6.70. The van der Waals surface area contributed by atoms with Crippen LogP contribution in [0.3, 0.4) is 0 Å². The van der Waals surface area contributed by atoms with E-state index in [2.05, 4.69) is 5.32 Å². The molecule has 2 N–H and O–H groups in total. The van der Waals surface area contributed by atoms with Gasteiger partial charge in [-0.3, -0.25) is 4.79 Å². The number of carbonyl (C=O) groups is 2. The smallest absolute Gasteiger partial charge is 0.317 e. The highest BCUT2D eigenvalue weighted by atomic mass is 16.5. The number of rotatable bonds is 6. The highest BCUT2D eigenvalue weighted by molar-refractivity contribution is 5.76. The van der Waals surface area contributed by atoms with E-state index >= 15 is 0 Å². The fourth-order valence-corrected chi connectivity index (χ4v) is 3.14. The van der Waals surface area contributed by atoms with Gasteiger partial charge in [-0.05, 0) is 36.1 Å². The molecule has 0 aliphatic carbocycles. The SMILES string of the molecule is O=C(O)C1CCCN(C(=O)NCc2cccc(OCc3ccccc3)c2)C1. The lowest BCUT2D eigenvalue weighted by Crippen LogP contribution is -2.46. The third kappa shape index (κ3) is 5.48. The van der Waals surface area contributed by atoms with Gasteiger partial charge in [-0.1, -0.05) is 42.5 Å². The van der Waals surface area contributed by atoms with Crippen LogP contribution >= 0.6 is 0 Å². The van der Waals surface area contributed by atoms with E-state index in [1.807, 2.05) is 54.6 Å². The van der Waals surface area contributed by atoms with E-state index < -0.39 is 11.9 Å². The lowest BCUT2D eigenvalue weighted by molar-refractivity contribution is -0.143. The Labute approximate surface area is 158 Å². The maximum atomic E-state index is 12.3. The van der Waals surface area contributed by atoms with E-state index in [1.54, 1.807) is 4.90 Å². The van der Waals surface area contributed by atoms with Crippen LogP contribution in [0.1, 0.15) is 24.0 Å². The molecule has 6 heteroatoms. The number of amides is 2. The molecule has 3 rings (SSSR count). The minimum atomic E-state index is -0.837. The van der Waals surface area contributed by atoms with Gasteiger partial charge in [0, 0.05) is 19.6 Å². The van der Waals surface area contributed by atoms with E-state index in [-0.39, 0.29) is 12.6 Å². The molecule has 6 nitrogen and oxygen atoms in total. The summed E-state index contributed by atoms with van der Waals surface area (Å²) in [4.78, 5) is 25.0. The maximum Gasteiger partial charge on any atom is 0.317 e. The zero-order valence-corrected chi connectivity index (χ0v) is 15.1. The summed E-state index contributed by atoms with van der Waals surface area (Å²) in [7, 11) is 0. The van der Waals surface area contributed by atoms with Crippen molar-refractivity contribution in [3.8, 4) is 5.75 Å². The molecule has 1 heterocycles. The number of carboxylic acids is 1. The normalized spacial score (nSPS) is 16.6. The molecule has 0 aromatic heterocycles. The Morgan fingerprint density at radius 1 is 1.11 bits per heavy atom. The standard InChI is InChI=1S/C21H24N2O4/c24-20(25)18-9-5-11-23(14-18)21(26)22-13-17-8-4-10-19(12-17)27-15-16-6-2-1-3-7-16/h1-4,6-8,10,12,18H,5,9,11,13-15H2,(H,22,26)(H,24,25). The summed E-state index contributed by atoms with van der Waals surface area (Å²) in [6.45, 7) is 1.72. The van der Waals surface area contributed by atoms with Gasteiger partial charge >= 0.3 is 12.0 Å². The molecule has 1 unspecified atom stereocenters. The van der Waals surface area contributed by atoms with E-state index in [9.17, 15) is 9.59 Å². The molecule has 2 aromatic carbocycles. The fraction of sp³-hybridized carbons (Fsp3) is 0.333. The number of nitrogens with zero attached hydrogens (tertiary/aromatic N) is 1. The molecule has 0 radical (unpaired) electrons. The molecule has 1 fully saturated rings. The van der Waals surface area contributed by atoms with E-state index in [4.69, 9.17) is 9.84 Å². The highest BCUT2D eigenvalue weighted by Crippen LogP contribution is 2.18. The minimum Gasteiger partial charge on any atom is -0.489 e. The first-order chi connectivity index (χ1) is 13.1. The van der Waals surface area contributed by atoms with Gasteiger partial charge in [-0.2, -0.15) is 0 Å². The van der Waals surface area contributed by atoms with Crippen LogP contribution in [-0.2, 0) is 17.9 Å². The van der Waals surface area contributed by atoms with E-state index in [0.717, 1.165) is 16.9 Å². The van der Waals surface area contributed by atoms with Gasteiger partial charge < -0.3 is 20.1 Å². The average Bonchev–Trinajstić information content (AvgIpc) is 2.71. The van der Waals surface area contributed by atoms with Gasteiger partial charge in [0.1, 0.15) is 12.4 Å². The summed E-state index contributed by atoms with van der Waals surface area (Å²) in [6.07, 6.45) is 1.34. The van der Waals surface area contributed by atoms with Crippen molar-refractivity contribution >= 4 is 12.0 Å². The number of carbonyl (C=O) groups excluding carboxylic acids is 1. The van der Waals surface area contributed by atoms with Gasteiger partial charge in [0.25, 0.3) is 0 Å². The predicted octanol–water partition coefficient (Wildman–Crippen LogP) is 3.27. The maximum absolute atomic E-state index is 12.3. The number of benzene rings is 2. The molecule has 1 aliphatic rings. The topological polar surface area (TPSA) is 78.9 Å². The van der Waals surface area contributed by atoms with Crippen LogP contribution in [0.25, 0.3) is 0 Å². The Hall–Kier alpha value is -3.02. The summed E-state index contributed by atoms with van der Waals surface area (Å²) in [6, 6.07) is 17.3. The van der Waals surface area contributed by atoms with Crippen LogP contribution in [0.5, 0.6) is 5.75 Å². The molecule has 27 heavy (non-hydrogen) atoms. The Morgan fingerprint density at radius 2 is 1.89 bits per heavy atom. The summed E-state index contributed by atoms with van der Waals surface area (Å²) >= 11 is 0. The van der Waals surface area contributed by atoms with Crippen LogP contribution in [0.4, 0.5) is 4.79 Å². The first-order valence-corrected chi connectivity index (χ1v) is 9.13. The summed E-state index contributed by atoms with van der Waals surface area (Å²) in [5.41, 5.74) is 2.02. The number of nitrogens with one attached hydrogen (secondary N) is 1. The van der Waals surface area contributed by atoms with E-state index in [1.165, 1.54) is 0 Å². The Morgan fingerprint density at radius 3 is 2.67 bits per heavy atom. The third-order valence-electron chi connectivity index (χ3n) is 4.65. The second kappa shape index (κ2) is 9.07. The van der Waals surface area contributed by atoms with Gasteiger partial charge in [-0.25, -0.2) is 4.79 Å². The molecule has 1 atom stereocenters. The molecular weight excluding hydrogens is 344 g/mol. The zero-order chi connectivity index (χ0) is 19.1. The molecule has 1 saturated heterocycles. The van der Waals surface area contributed by atoms with Crippen LogP contribution in [0, 0.1) is 5.92 Å². The van der Waals surface area contributed by atoms with Crippen molar-refractivity contribution in [2.75, 3.05) is 13.1 Å². The highest BCUT2D eigenvalue weighted by Gasteiger charge is 2.27. The lowest BCUT2D eigenvalue weighted by Gasteiger charge is -2.30. The van der Waals surface area contributed by atoms with Crippen molar-refractivity contribution in [3.05, 3.63) is 65.7 Å². The molecule has 0 saturated carbocycles. The minimum absolute atomic E-state index is 0.225. The largest absolute Gasteiger partial charge is 0.489 e. The van der Waals surface area contributed by atoms with Crippen molar-refractivity contribution in [2.24, 2.45) is 5.92 Å². The number of likely N-dealkylation sites (tertiary alicyclic amines) is 1. The number of ether oxygens (including phenoxy) is 1. The number of urea groups is 1. The Bertz CT molecular complexity index is 779. The van der Waals surface area contributed by atoms with Crippen LogP contribution in [0.2, 0.25) is 0 Å². The van der Waals surface area contributed by atoms with Crippen molar-refractivity contribution in [3.63, 3.8) is 0 Å². The van der Waals surface area contributed by atoms with Crippen molar-refractivity contribution in [1.29, 1.82) is 0 Å². The van der Waals surface area contributed by atoms with Gasteiger partial charge in [-0.15, -0.1) is 0 Å². The number of hydrogen-bond acceptors (Lipinski definition) is 3. The Balaban J connectivity index is 1.50. The fourth-order valence-electron chi connectivity index (χ4n) is 3.14. The van der Waals surface area contributed by atoms with Gasteiger partial charge in [0.2, 0.25) is 0 Å². The quantitative estimate of drug-likeness (QED) is 0.820. The van der Waals surface area contributed by atoms with Crippen molar-refractivity contribution < 1.29 is 19.4 Å². The number of piperidine rings is 1. The van der Waals surface area contributed by atoms with Crippen LogP contribution in [-0.4, -0.2) is 35.1 Å². The third-order valence-corrected chi connectivity index (χ3v) is 4.65. The zero-order valence-electron chi connectivity index (χ0n) is 15.1. The lowest BCUT2D eigenvalue weighted by atomic mass is 9.99. The first kappa shape index (κ1) is 18.8. The number of aliphatic carboxylic acids is 1. The molecule has 142 valence electrons. The van der Waals surface area contributed by atoms with E-state index in [0.29, 0.717) is 32.5 Å². The van der Waals surface area contributed by atoms with Crippen LogP contribution < -0.4 is 10.1 Å². The van der Waals surface area contributed by atoms with Crippen LogP contribution in [0.15, 0.2) is 54.6 Å². The average molecular weight is 368 g/mol. The second-order valence-electron chi connectivity index (χ2n) is 6.70. The summed E-state index contributed by atoms with van der Waals surface area (Å²) in [5, 5.41) is 12.0. The Kier molecular flexibility index (Phi) is 6.30. The van der Waals surface area contributed by atoms with Crippen molar-refractivity contribution in [2.45, 2.75) is 26.0 Å². The van der Waals surface area contributed by atoms with Gasteiger partial charge in [0.05, 0.1) is 5.92 Å². The summed E-state index contributed by atoms with van der Waals surface area (Å²) in [5.74, 6) is -0.565. The first-order valence-electron chi connectivity index (χ1n) is 9.13. The monoisotopic (exact) mass is 368 g/mol. The number of carboxylic acid groups (broad SMARTS) is 1. The molecule has 0 bridgehead atoms. The molecule has 2 aromatic rings. The molecule has 1 aliphatic heterocycles. The predicted molar refractivity (Wildman–Crippen MR) is 101 cm³/mol. The number of hydrogen-bond donors (Lipinski definition) is 2. The molecule has 2 amide bonds. The molecular formula is C21H24N2O4. The van der Waals surface area contributed by atoms with Gasteiger partial charge in [0.15, 0.2) is 0 Å².